The lowest BCUT2D eigenvalue weighted by atomic mass is 9.69. The second kappa shape index (κ2) is 6.89. The fourth-order valence-corrected chi connectivity index (χ4v) is 3.66. The molecule has 0 radical (unpaired) electrons. The Morgan fingerprint density at radius 1 is 1.22 bits per heavy atom. The number of amides is 1. The van der Waals surface area contributed by atoms with Gasteiger partial charge in [0, 0.05) is 32.8 Å². The molecule has 2 N–H and O–H groups in total. The summed E-state index contributed by atoms with van der Waals surface area (Å²) >= 11 is 0. The van der Waals surface area contributed by atoms with Gasteiger partial charge in [-0.2, -0.15) is 0 Å². The fraction of sp³-hybridized carbons (Fsp3) is 0.611. The summed E-state index contributed by atoms with van der Waals surface area (Å²) in [4.78, 5) is 15.6. The number of benzene rings is 1. The highest BCUT2D eigenvalue weighted by Crippen LogP contribution is 2.41. The quantitative estimate of drug-likeness (QED) is 0.895. The number of hydrogen-bond acceptors (Lipinski definition) is 3. The molecule has 1 fully saturated rings. The lowest BCUT2D eigenvalue weighted by Crippen LogP contribution is -2.69. The summed E-state index contributed by atoms with van der Waals surface area (Å²) in [5.74, 6) is 0. The largest absolute Gasteiger partial charge is 0.465 e. The van der Waals surface area contributed by atoms with Crippen molar-refractivity contribution >= 4 is 6.09 Å². The predicted molar refractivity (Wildman–Crippen MR) is 90.3 cm³/mol. The minimum Gasteiger partial charge on any atom is -0.465 e. The smallest absolute Gasteiger partial charge is 0.407 e. The number of carbonyl (C=O) groups is 1. The topological polar surface area (TPSA) is 64.0 Å². The molecular weight excluding hydrogens is 292 g/mol. The van der Waals surface area contributed by atoms with Gasteiger partial charge in [0.15, 0.2) is 0 Å². The Kier molecular flexibility index (Phi) is 5.32. The standard InChI is InChI=1S/C18H28N2O3/c1-17(2,3)18(9-12-21)14-19(10-11-20(18)16(22)23)13-15-7-5-4-6-8-15/h4-8,21H,9-14H2,1-3H3,(H,22,23)/t18-/m1/s1. The molecule has 1 aromatic rings. The summed E-state index contributed by atoms with van der Waals surface area (Å²) in [5, 5.41) is 19.3. The Balaban J connectivity index is 2.27. The lowest BCUT2D eigenvalue weighted by molar-refractivity contribution is -0.0692. The number of aliphatic hydroxyl groups is 1. The third-order valence-electron chi connectivity index (χ3n) is 5.04. The average molecular weight is 320 g/mol. The second-order valence-electron chi connectivity index (χ2n) is 7.39. The molecule has 0 saturated carbocycles. The highest BCUT2D eigenvalue weighted by atomic mass is 16.4. The molecule has 5 nitrogen and oxygen atoms in total. The SMILES string of the molecule is CC(C)(C)[C@@]1(CCO)CN(Cc2ccccc2)CCN1C(=O)O. The van der Waals surface area contributed by atoms with E-state index in [0.717, 1.165) is 6.54 Å². The van der Waals surface area contributed by atoms with Crippen molar-refractivity contribution in [2.75, 3.05) is 26.2 Å². The molecule has 0 aliphatic carbocycles. The third kappa shape index (κ3) is 3.67. The van der Waals surface area contributed by atoms with Crippen LogP contribution in [0.2, 0.25) is 0 Å². The van der Waals surface area contributed by atoms with Gasteiger partial charge < -0.3 is 10.2 Å². The molecule has 128 valence electrons. The van der Waals surface area contributed by atoms with Crippen molar-refractivity contribution in [3.63, 3.8) is 0 Å². The van der Waals surface area contributed by atoms with Crippen molar-refractivity contribution in [1.29, 1.82) is 0 Å². The Labute approximate surface area is 138 Å². The van der Waals surface area contributed by atoms with Crippen molar-refractivity contribution < 1.29 is 15.0 Å². The molecule has 23 heavy (non-hydrogen) atoms. The van der Waals surface area contributed by atoms with Gasteiger partial charge >= 0.3 is 6.09 Å². The van der Waals surface area contributed by atoms with Crippen LogP contribution >= 0.6 is 0 Å². The zero-order valence-electron chi connectivity index (χ0n) is 14.3. The van der Waals surface area contributed by atoms with E-state index in [4.69, 9.17) is 0 Å². The first kappa shape index (κ1) is 17.8. The second-order valence-corrected chi connectivity index (χ2v) is 7.39. The number of hydrogen-bond donors (Lipinski definition) is 2. The number of nitrogens with zero attached hydrogens (tertiary/aromatic N) is 2. The summed E-state index contributed by atoms with van der Waals surface area (Å²) in [5.41, 5.74) is 0.382. The molecule has 1 heterocycles. The van der Waals surface area contributed by atoms with Gasteiger partial charge in [0.05, 0.1) is 5.54 Å². The predicted octanol–water partition coefficient (Wildman–Crippen LogP) is 2.65. The Bertz CT molecular complexity index is 527. The van der Waals surface area contributed by atoms with Gasteiger partial charge in [-0.25, -0.2) is 4.79 Å². The van der Waals surface area contributed by atoms with Crippen LogP contribution in [0, 0.1) is 5.41 Å². The zero-order chi connectivity index (χ0) is 17.1. The number of rotatable bonds is 4. The van der Waals surface area contributed by atoms with Gasteiger partial charge in [0.2, 0.25) is 0 Å². The van der Waals surface area contributed by atoms with Crippen LogP contribution in [0.4, 0.5) is 4.79 Å². The van der Waals surface area contributed by atoms with Gasteiger partial charge in [0.25, 0.3) is 0 Å². The molecule has 0 aromatic heterocycles. The van der Waals surface area contributed by atoms with Crippen LogP contribution in [0.1, 0.15) is 32.8 Å². The summed E-state index contributed by atoms with van der Waals surface area (Å²) in [6, 6.07) is 10.2. The van der Waals surface area contributed by atoms with E-state index < -0.39 is 11.6 Å². The maximum absolute atomic E-state index is 11.8. The van der Waals surface area contributed by atoms with Crippen LogP contribution in [0.25, 0.3) is 0 Å². The zero-order valence-corrected chi connectivity index (χ0v) is 14.3. The minimum absolute atomic E-state index is 0.0137. The van der Waals surface area contributed by atoms with Crippen LogP contribution < -0.4 is 0 Å². The Morgan fingerprint density at radius 3 is 2.39 bits per heavy atom. The van der Waals surface area contributed by atoms with Gasteiger partial charge in [0.1, 0.15) is 0 Å². The first-order valence-corrected chi connectivity index (χ1v) is 8.18. The molecule has 0 bridgehead atoms. The average Bonchev–Trinajstić information content (AvgIpc) is 2.47. The molecule has 1 aliphatic rings. The molecule has 0 unspecified atom stereocenters. The molecule has 0 spiro atoms. The van der Waals surface area contributed by atoms with Crippen LogP contribution in [0.15, 0.2) is 30.3 Å². The first-order valence-electron chi connectivity index (χ1n) is 8.18. The number of carboxylic acid groups (broad SMARTS) is 1. The van der Waals surface area contributed by atoms with Crippen LogP contribution in [-0.2, 0) is 6.54 Å². The Hall–Kier alpha value is -1.59. The van der Waals surface area contributed by atoms with Crippen molar-refractivity contribution in [3.8, 4) is 0 Å². The molecule has 1 amide bonds. The third-order valence-corrected chi connectivity index (χ3v) is 5.04. The van der Waals surface area contributed by atoms with E-state index in [9.17, 15) is 15.0 Å². The molecule has 2 rings (SSSR count). The van der Waals surface area contributed by atoms with Crippen LogP contribution in [0.3, 0.4) is 0 Å². The van der Waals surface area contributed by atoms with E-state index in [2.05, 4.69) is 37.8 Å². The van der Waals surface area contributed by atoms with E-state index in [0.29, 0.717) is 26.1 Å². The summed E-state index contributed by atoms with van der Waals surface area (Å²) in [7, 11) is 0. The van der Waals surface area contributed by atoms with Crippen molar-refractivity contribution in [3.05, 3.63) is 35.9 Å². The van der Waals surface area contributed by atoms with Gasteiger partial charge in [-0.15, -0.1) is 0 Å². The van der Waals surface area contributed by atoms with E-state index in [1.165, 1.54) is 5.56 Å². The highest BCUT2D eigenvalue weighted by Gasteiger charge is 2.51. The van der Waals surface area contributed by atoms with Gasteiger partial charge in [-0.05, 0) is 17.4 Å². The van der Waals surface area contributed by atoms with E-state index in [1.54, 1.807) is 4.90 Å². The van der Waals surface area contributed by atoms with Crippen LogP contribution in [-0.4, -0.2) is 57.9 Å². The van der Waals surface area contributed by atoms with Gasteiger partial charge in [-0.3, -0.25) is 9.80 Å². The minimum atomic E-state index is -0.896. The molecule has 1 aromatic carbocycles. The summed E-state index contributed by atoms with van der Waals surface area (Å²) in [6.45, 7) is 8.79. The molecule has 1 atom stereocenters. The first-order chi connectivity index (χ1) is 10.8. The number of piperazine rings is 1. The summed E-state index contributed by atoms with van der Waals surface area (Å²) in [6.07, 6.45) is -0.443. The Morgan fingerprint density at radius 2 is 1.87 bits per heavy atom. The molecular formula is C18H28N2O3. The van der Waals surface area contributed by atoms with E-state index in [1.807, 2.05) is 18.2 Å². The highest BCUT2D eigenvalue weighted by molar-refractivity contribution is 5.66. The van der Waals surface area contributed by atoms with E-state index >= 15 is 0 Å². The fourth-order valence-electron chi connectivity index (χ4n) is 3.66. The maximum atomic E-state index is 11.8. The van der Waals surface area contributed by atoms with Crippen molar-refractivity contribution in [2.45, 2.75) is 39.3 Å². The van der Waals surface area contributed by atoms with Crippen molar-refractivity contribution in [2.24, 2.45) is 5.41 Å². The van der Waals surface area contributed by atoms with Crippen molar-refractivity contribution in [1.82, 2.24) is 9.80 Å². The number of aliphatic hydroxyl groups excluding tert-OH is 1. The summed E-state index contributed by atoms with van der Waals surface area (Å²) < 4.78 is 0. The molecule has 1 saturated heterocycles. The molecule has 1 aliphatic heterocycles. The monoisotopic (exact) mass is 320 g/mol. The van der Waals surface area contributed by atoms with E-state index in [-0.39, 0.29) is 12.0 Å². The van der Waals surface area contributed by atoms with Crippen LogP contribution in [0.5, 0.6) is 0 Å². The lowest BCUT2D eigenvalue weighted by Gasteiger charge is -2.56. The normalized spacial score (nSPS) is 23.0. The maximum Gasteiger partial charge on any atom is 0.407 e. The van der Waals surface area contributed by atoms with Gasteiger partial charge in [-0.1, -0.05) is 51.1 Å². The molecule has 5 heteroatoms.